The average molecular weight is 655 g/mol. The van der Waals surface area contributed by atoms with Gasteiger partial charge in [-0.1, -0.05) is 0 Å². The van der Waals surface area contributed by atoms with E-state index < -0.39 is 99.5 Å². The molecule has 0 saturated carbocycles. The normalized spacial score (nSPS) is 13.1. The zero-order chi connectivity index (χ0) is 31.1. The van der Waals surface area contributed by atoms with Crippen LogP contribution in [0.3, 0.4) is 0 Å². The van der Waals surface area contributed by atoms with Gasteiger partial charge in [-0.3, -0.25) is 23.0 Å². The van der Waals surface area contributed by atoms with Crippen LogP contribution in [-0.2, 0) is 45.3 Å². The molecule has 0 fully saturated rings. The topological polar surface area (TPSA) is 304 Å². The third-order valence-corrected chi connectivity index (χ3v) is 8.52. The monoisotopic (exact) mass is 654 g/mol. The molecule has 22 heteroatoms. The van der Waals surface area contributed by atoms with Crippen LogP contribution in [0.4, 0.5) is 17.1 Å². The van der Waals surface area contributed by atoms with E-state index in [1.807, 2.05) is 0 Å². The zero-order valence-electron chi connectivity index (χ0n) is 20.1. The summed E-state index contributed by atoms with van der Waals surface area (Å²) >= 11 is 0. The van der Waals surface area contributed by atoms with Crippen molar-refractivity contribution in [1.82, 2.24) is 5.32 Å². The van der Waals surface area contributed by atoms with Gasteiger partial charge in [0.05, 0.1) is 22.0 Å². The summed E-state index contributed by atoms with van der Waals surface area (Å²) in [5.41, 5.74) is -2.60. The van der Waals surface area contributed by atoms with Crippen molar-refractivity contribution >= 4 is 74.2 Å². The van der Waals surface area contributed by atoms with E-state index in [2.05, 4.69) is 20.9 Å². The average Bonchev–Trinajstić information content (AvgIpc) is 2.80. The van der Waals surface area contributed by atoms with E-state index in [1.165, 1.54) is 7.05 Å². The first kappa shape index (κ1) is 31.9. The Bertz CT molecular complexity index is 2060. The van der Waals surface area contributed by atoms with Gasteiger partial charge >= 0.3 is 0 Å². The smallest absolute Gasteiger partial charge is 0.296 e. The molecule has 222 valence electrons. The van der Waals surface area contributed by atoms with E-state index in [-0.39, 0.29) is 6.54 Å². The van der Waals surface area contributed by atoms with Crippen molar-refractivity contribution in [3.63, 3.8) is 0 Å². The Labute approximate surface area is 231 Å². The van der Waals surface area contributed by atoms with Crippen molar-refractivity contribution in [2.24, 2.45) is 10.2 Å². The molecule has 0 radical (unpaired) electrons. The second-order valence-corrected chi connectivity index (χ2v) is 13.6. The van der Waals surface area contributed by atoms with Crippen molar-refractivity contribution < 1.29 is 61.8 Å². The number of carbonyl (C=O) groups is 1. The van der Waals surface area contributed by atoms with Gasteiger partial charge in [0.25, 0.3) is 40.5 Å². The summed E-state index contributed by atoms with van der Waals surface area (Å²) in [6.45, 7) is -0.337. The van der Waals surface area contributed by atoms with Crippen LogP contribution in [0.25, 0.3) is 10.8 Å². The fourth-order valence-electron chi connectivity index (χ4n) is 3.41. The second kappa shape index (κ2) is 11.0. The van der Waals surface area contributed by atoms with Crippen LogP contribution in [0.2, 0.25) is 0 Å². The van der Waals surface area contributed by atoms with Crippen LogP contribution in [0, 0.1) is 0 Å². The van der Waals surface area contributed by atoms with Crippen molar-refractivity contribution in [3.8, 4) is 5.75 Å². The Hall–Kier alpha value is -3.61. The highest BCUT2D eigenvalue weighted by Gasteiger charge is 2.27. The van der Waals surface area contributed by atoms with Crippen LogP contribution >= 0.6 is 0 Å². The maximum atomic E-state index is 12.2. The minimum atomic E-state index is -5.34. The molecule has 3 rings (SSSR count). The predicted molar refractivity (Wildman–Crippen MR) is 138 cm³/mol. The number of nitrogens with one attached hydrogen (secondary N) is 2. The van der Waals surface area contributed by atoms with Crippen molar-refractivity contribution in [2.45, 2.75) is 19.6 Å². The lowest BCUT2D eigenvalue weighted by atomic mass is 10.1. The van der Waals surface area contributed by atoms with Gasteiger partial charge < -0.3 is 15.7 Å². The molecule has 0 bridgehead atoms. The number of amides is 1. The van der Waals surface area contributed by atoms with Gasteiger partial charge in [0.2, 0.25) is 5.91 Å². The zero-order valence-corrected chi connectivity index (χ0v) is 23.4. The first-order valence-corrected chi connectivity index (χ1v) is 16.1. The highest BCUT2D eigenvalue weighted by atomic mass is 32.2. The van der Waals surface area contributed by atoms with Gasteiger partial charge in [-0.15, -0.1) is 10.2 Å². The Kier molecular flexibility index (Phi) is 8.56. The van der Waals surface area contributed by atoms with E-state index in [0.717, 1.165) is 0 Å². The third-order valence-electron chi connectivity index (χ3n) is 5.07. The first-order valence-electron chi connectivity index (χ1n) is 10.4. The number of aromatic hydroxyl groups is 1. The lowest BCUT2D eigenvalue weighted by Gasteiger charge is -2.15. The van der Waals surface area contributed by atoms with E-state index in [9.17, 15) is 61.8 Å². The Morgan fingerprint density at radius 1 is 0.756 bits per heavy atom. The minimum Gasteiger partial charge on any atom is -0.505 e. The number of benzene rings is 3. The van der Waals surface area contributed by atoms with E-state index in [1.54, 1.807) is 0 Å². The van der Waals surface area contributed by atoms with Gasteiger partial charge in [-0.2, -0.15) is 33.7 Å². The van der Waals surface area contributed by atoms with Crippen LogP contribution in [-0.4, -0.2) is 76.5 Å². The van der Waals surface area contributed by atoms with Gasteiger partial charge in [0.15, 0.2) is 5.75 Å². The van der Waals surface area contributed by atoms with Crippen LogP contribution < -0.4 is 10.6 Å². The molecule has 0 aliphatic rings. The summed E-state index contributed by atoms with van der Waals surface area (Å²) in [6.07, 6.45) is 0. The lowest BCUT2D eigenvalue weighted by Crippen LogP contribution is -2.25. The number of phenolic OH excluding ortho intramolecular Hbond substituents is 1. The second-order valence-electron chi connectivity index (χ2n) is 7.95. The fourth-order valence-corrected chi connectivity index (χ4v) is 5.72. The molecule has 0 aliphatic carbocycles. The summed E-state index contributed by atoms with van der Waals surface area (Å²) < 4.78 is 132. The van der Waals surface area contributed by atoms with Gasteiger partial charge in [0.1, 0.15) is 21.2 Å². The Balaban J connectivity index is 2.45. The summed E-state index contributed by atoms with van der Waals surface area (Å²) in [5, 5.41) is 21.5. The van der Waals surface area contributed by atoms with Gasteiger partial charge in [-0.25, -0.2) is 0 Å². The highest BCUT2D eigenvalue weighted by Crippen LogP contribution is 2.45. The van der Waals surface area contributed by atoms with Gasteiger partial charge in [-0.05, 0) is 48.8 Å². The number of phenols is 1. The molecule has 7 N–H and O–H groups in total. The van der Waals surface area contributed by atoms with E-state index in [4.69, 9.17) is 0 Å². The maximum absolute atomic E-state index is 12.2. The van der Waals surface area contributed by atoms with Crippen LogP contribution in [0.15, 0.2) is 66.2 Å². The molecule has 0 atom stereocenters. The molecule has 3 aromatic carbocycles. The van der Waals surface area contributed by atoms with Crippen molar-refractivity contribution in [3.05, 3.63) is 36.4 Å². The molecule has 1 amide bonds. The van der Waals surface area contributed by atoms with Crippen LogP contribution in [0.5, 0.6) is 5.75 Å². The number of likely N-dealkylation sites (N-methyl/N-ethyl adjacent to an activating group) is 1. The molecular weight excluding hydrogens is 636 g/mol. The highest BCUT2D eigenvalue weighted by molar-refractivity contribution is 7.86. The number of hydrogen-bond acceptors (Lipinski definition) is 13. The van der Waals surface area contributed by atoms with Crippen LogP contribution in [0.1, 0.15) is 0 Å². The molecule has 0 aliphatic heterocycles. The number of nitrogens with zero attached hydrogens (tertiary/aromatic N) is 2. The number of hydrogen-bond donors (Lipinski definition) is 7. The first-order chi connectivity index (χ1) is 18.6. The molecule has 0 heterocycles. The molecule has 0 spiro atoms. The molecule has 0 aromatic heterocycles. The summed E-state index contributed by atoms with van der Waals surface area (Å²) in [4.78, 5) is 8.10. The standard InChI is InChI=1S/C19H18N4O14S4/c1-20-8-16(24)21-13-7-11(39(29,30)31)4-9-5-15(41(35,36)37)18(19(25)17(9)13)23-22-12-6-10(38(26,27)28)2-3-14(12)40(32,33)34/h2-7,20,25H,8H2,1H3,(H,21,24)(H,26,27,28)(H,29,30,31)(H,32,33,34)(H,35,36,37). The molecule has 18 nitrogen and oxygen atoms in total. The van der Waals surface area contributed by atoms with Crippen molar-refractivity contribution in [2.75, 3.05) is 18.9 Å². The minimum absolute atomic E-state index is 0.337. The van der Waals surface area contributed by atoms with Crippen molar-refractivity contribution in [1.29, 1.82) is 0 Å². The number of carbonyl (C=O) groups excluding carboxylic acids is 1. The number of azo groups is 1. The third kappa shape index (κ3) is 7.19. The number of anilines is 1. The quantitative estimate of drug-likeness (QED) is 0.125. The fraction of sp³-hybridized carbons (Fsp3) is 0.105. The maximum Gasteiger partial charge on any atom is 0.296 e. The number of fused-ring (bicyclic) bond motifs is 1. The SMILES string of the molecule is CNCC(=O)Nc1cc(S(=O)(=O)O)cc2cc(S(=O)(=O)O)c(N=Nc3cc(S(=O)(=O)O)ccc3S(=O)(=O)O)c(O)c12. The van der Waals surface area contributed by atoms with E-state index >= 15 is 0 Å². The molecule has 0 unspecified atom stereocenters. The molecular formula is C19H18N4O14S4. The summed E-state index contributed by atoms with van der Waals surface area (Å²) in [5.74, 6) is -1.98. The summed E-state index contributed by atoms with van der Waals surface area (Å²) in [6, 6.07) is 3.48. The predicted octanol–water partition coefficient (Wildman–Crippen LogP) is 1.11. The molecule has 41 heavy (non-hydrogen) atoms. The van der Waals surface area contributed by atoms with Gasteiger partial charge in [0, 0.05) is 5.39 Å². The lowest BCUT2D eigenvalue weighted by molar-refractivity contribution is -0.115. The van der Waals surface area contributed by atoms with E-state index in [0.29, 0.717) is 36.4 Å². The Morgan fingerprint density at radius 3 is 1.85 bits per heavy atom. The summed E-state index contributed by atoms with van der Waals surface area (Å²) in [7, 11) is -19.0. The largest absolute Gasteiger partial charge is 0.505 e. The molecule has 0 saturated heterocycles. The number of rotatable bonds is 9. The molecule has 3 aromatic rings. The Morgan fingerprint density at radius 2 is 1.34 bits per heavy atom.